The first kappa shape index (κ1) is 12.8. The fourth-order valence-electron chi connectivity index (χ4n) is 1.39. The minimum atomic E-state index is -1.40. The SMILES string of the molecule is NCCO[C@H]1O[C@H](CO)[C@H](O)[C@@H](O)[C@@H]1O. The van der Waals surface area contributed by atoms with Gasteiger partial charge in [-0.1, -0.05) is 0 Å². The molecule has 0 amide bonds. The first-order valence-corrected chi connectivity index (χ1v) is 4.74. The van der Waals surface area contributed by atoms with E-state index in [0.29, 0.717) is 0 Å². The molecule has 1 fully saturated rings. The van der Waals surface area contributed by atoms with Crippen molar-refractivity contribution in [3.63, 3.8) is 0 Å². The topological polar surface area (TPSA) is 125 Å². The van der Waals surface area contributed by atoms with E-state index >= 15 is 0 Å². The molecule has 0 aliphatic carbocycles. The summed E-state index contributed by atoms with van der Waals surface area (Å²) in [5.41, 5.74) is 5.20. The average molecular weight is 223 g/mol. The van der Waals surface area contributed by atoms with Gasteiger partial charge in [0.2, 0.25) is 0 Å². The van der Waals surface area contributed by atoms with Gasteiger partial charge in [0.25, 0.3) is 0 Å². The molecule has 0 aromatic rings. The second-order valence-corrected chi connectivity index (χ2v) is 3.36. The lowest BCUT2D eigenvalue weighted by Gasteiger charge is -2.39. The Labute approximate surface area is 87.0 Å². The van der Waals surface area contributed by atoms with Crippen LogP contribution in [0.5, 0.6) is 0 Å². The molecule has 15 heavy (non-hydrogen) atoms. The van der Waals surface area contributed by atoms with Gasteiger partial charge >= 0.3 is 0 Å². The van der Waals surface area contributed by atoms with Crippen molar-refractivity contribution in [1.29, 1.82) is 0 Å². The van der Waals surface area contributed by atoms with Gasteiger partial charge in [0.15, 0.2) is 6.29 Å². The van der Waals surface area contributed by atoms with Crippen LogP contribution in [0.25, 0.3) is 0 Å². The van der Waals surface area contributed by atoms with Gasteiger partial charge < -0.3 is 35.6 Å². The fraction of sp³-hybridized carbons (Fsp3) is 1.00. The Morgan fingerprint density at radius 2 is 1.80 bits per heavy atom. The predicted molar refractivity (Wildman–Crippen MR) is 48.8 cm³/mol. The second kappa shape index (κ2) is 5.71. The Balaban J connectivity index is 2.57. The van der Waals surface area contributed by atoms with E-state index in [9.17, 15) is 15.3 Å². The first-order valence-electron chi connectivity index (χ1n) is 4.74. The molecule has 1 aliphatic heterocycles. The zero-order valence-electron chi connectivity index (χ0n) is 8.19. The Kier molecular flexibility index (Phi) is 4.87. The molecule has 7 nitrogen and oxygen atoms in total. The summed E-state index contributed by atoms with van der Waals surface area (Å²) in [4.78, 5) is 0. The van der Waals surface area contributed by atoms with E-state index in [4.69, 9.17) is 20.3 Å². The summed E-state index contributed by atoms with van der Waals surface area (Å²) in [6.45, 7) is -0.0643. The Morgan fingerprint density at radius 3 is 2.33 bits per heavy atom. The number of hydrogen-bond donors (Lipinski definition) is 5. The molecule has 6 N–H and O–H groups in total. The van der Waals surface area contributed by atoms with Crippen LogP contribution in [-0.4, -0.2) is 70.9 Å². The highest BCUT2D eigenvalue weighted by atomic mass is 16.7. The number of hydrogen-bond acceptors (Lipinski definition) is 7. The highest BCUT2D eigenvalue weighted by Crippen LogP contribution is 2.21. The van der Waals surface area contributed by atoms with Crippen LogP contribution in [-0.2, 0) is 9.47 Å². The molecular weight excluding hydrogens is 206 g/mol. The number of ether oxygens (including phenoxy) is 2. The van der Waals surface area contributed by atoms with E-state index < -0.39 is 37.3 Å². The molecule has 0 bridgehead atoms. The third-order valence-corrected chi connectivity index (χ3v) is 2.25. The van der Waals surface area contributed by atoms with Crippen LogP contribution >= 0.6 is 0 Å². The third kappa shape index (κ3) is 2.85. The van der Waals surface area contributed by atoms with Crippen LogP contribution < -0.4 is 5.73 Å². The van der Waals surface area contributed by atoms with Gasteiger partial charge in [0, 0.05) is 6.54 Å². The van der Waals surface area contributed by atoms with Gasteiger partial charge in [-0.25, -0.2) is 0 Å². The van der Waals surface area contributed by atoms with Crippen LogP contribution in [0.2, 0.25) is 0 Å². The summed E-state index contributed by atoms with van der Waals surface area (Å²) in [5.74, 6) is 0. The highest BCUT2D eigenvalue weighted by Gasteiger charge is 2.43. The molecular formula is C8H17NO6. The number of aliphatic hydroxyl groups excluding tert-OH is 4. The molecule has 0 radical (unpaired) electrons. The van der Waals surface area contributed by atoms with Crippen molar-refractivity contribution in [2.24, 2.45) is 5.73 Å². The quantitative estimate of drug-likeness (QED) is 0.339. The summed E-state index contributed by atoms with van der Waals surface area (Å²) in [6.07, 6.45) is -6.13. The van der Waals surface area contributed by atoms with Crippen molar-refractivity contribution >= 4 is 0 Å². The van der Waals surface area contributed by atoms with Gasteiger partial charge in [0.1, 0.15) is 24.4 Å². The summed E-state index contributed by atoms with van der Waals surface area (Å²) in [7, 11) is 0. The number of rotatable bonds is 4. The maximum absolute atomic E-state index is 9.47. The van der Waals surface area contributed by atoms with Gasteiger partial charge in [-0.15, -0.1) is 0 Å². The molecule has 0 spiro atoms. The van der Waals surface area contributed by atoms with Crippen molar-refractivity contribution in [3.8, 4) is 0 Å². The maximum atomic E-state index is 9.47. The molecule has 1 saturated heterocycles. The Bertz CT molecular complexity index is 190. The number of nitrogens with two attached hydrogens (primary N) is 1. The predicted octanol–water partition coefficient (Wildman–Crippen LogP) is -3.24. The smallest absolute Gasteiger partial charge is 0.186 e. The van der Waals surface area contributed by atoms with Gasteiger partial charge in [-0.2, -0.15) is 0 Å². The van der Waals surface area contributed by atoms with E-state index in [1.807, 2.05) is 0 Å². The molecule has 1 aliphatic rings. The lowest BCUT2D eigenvalue weighted by molar-refractivity contribution is -0.300. The van der Waals surface area contributed by atoms with Gasteiger partial charge in [-0.3, -0.25) is 0 Å². The van der Waals surface area contributed by atoms with Crippen molar-refractivity contribution in [3.05, 3.63) is 0 Å². The van der Waals surface area contributed by atoms with Crippen molar-refractivity contribution < 1.29 is 29.9 Å². The number of aliphatic hydroxyl groups is 4. The molecule has 0 aromatic heterocycles. The van der Waals surface area contributed by atoms with Crippen LogP contribution in [0.3, 0.4) is 0 Å². The fourth-order valence-corrected chi connectivity index (χ4v) is 1.39. The molecule has 1 heterocycles. The zero-order valence-corrected chi connectivity index (χ0v) is 8.19. The molecule has 0 saturated carbocycles. The zero-order chi connectivity index (χ0) is 11.4. The maximum Gasteiger partial charge on any atom is 0.186 e. The van der Waals surface area contributed by atoms with Gasteiger partial charge in [0.05, 0.1) is 13.2 Å². The monoisotopic (exact) mass is 223 g/mol. The van der Waals surface area contributed by atoms with E-state index in [0.717, 1.165) is 0 Å². The lowest BCUT2D eigenvalue weighted by atomic mass is 9.99. The van der Waals surface area contributed by atoms with E-state index in [1.165, 1.54) is 0 Å². The lowest BCUT2D eigenvalue weighted by Crippen LogP contribution is -2.59. The van der Waals surface area contributed by atoms with E-state index in [1.54, 1.807) is 0 Å². The molecule has 7 heteroatoms. The minimum absolute atomic E-state index is 0.155. The Hall–Kier alpha value is -0.280. The van der Waals surface area contributed by atoms with Gasteiger partial charge in [-0.05, 0) is 0 Å². The molecule has 0 unspecified atom stereocenters. The highest BCUT2D eigenvalue weighted by molar-refractivity contribution is 4.88. The Morgan fingerprint density at radius 1 is 1.13 bits per heavy atom. The molecule has 1 rings (SSSR count). The normalized spacial score (nSPS) is 41.8. The average Bonchev–Trinajstić information content (AvgIpc) is 2.25. The van der Waals surface area contributed by atoms with Crippen LogP contribution in [0.4, 0.5) is 0 Å². The summed E-state index contributed by atoms with van der Waals surface area (Å²) in [5, 5.41) is 37.1. The van der Waals surface area contributed by atoms with Crippen LogP contribution in [0.1, 0.15) is 0 Å². The molecule has 0 aromatic carbocycles. The summed E-state index contributed by atoms with van der Waals surface area (Å²) >= 11 is 0. The standard InChI is InChI=1S/C8H17NO6/c9-1-2-14-8-7(13)6(12)5(11)4(3-10)15-8/h4-8,10-13H,1-3,9H2/t4-,5+,6-,7+,8+/m1/s1. The van der Waals surface area contributed by atoms with E-state index in [2.05, 4.69) is 0 Å². The summed E-state index contributed by atoms with van der Waals surface area (Å²) < 4.78 is 10.1. The first-order chi connectivity index (χ1) is 7.11. The van der Waals surface area contributed by atoms with Crippen molar-refractivity contribution in [2.45, 2.75) is 30.7 Å². The third-order valence-electron chi connectivity index (χ3n) is 2.25. The van der Waals surface area contributed by atoms with Crippen LogP contribution in [0, 0.1) is 0 Å². The molecule has 5 atom stereocenters. The van der Waals surface area contributed by atoms with Crippen molar-refractivity contribution in [2.75, 3.05) is 19.8 Å². The minimum Gasteiger partial charge on any atom is -0.394 e. The second-order valence-electron chi connectivity index (χ2n) is 3.36. The van der Waals surface area contributed by atoms with Crippen LogP contribution in [0.15, 0.2) is 0 Å². The largest absolute Gasteiger partial charge is 0.394 e. The van der Waals surface area contributed by atoms with E-state index in [-0.39, 0.29) is 13.2 Å². The van der Waals surface area contributed by atoms with Crippen molar-refractivity contribution in [1.82, 2.24) is 0 Å². The molecule has 90 valence electrons. The summed E-state index contributed by atoms with van der Waals surface area (Å²) in [6, 6.07) is 0.